The van der Waals surface area contributed by atoms with Gasteiger partial charge in [-0.2, -0.15) is 0 Å². The van der Waals surface area contributed by atoms with E-state index in [0.717, 1.165) is 35.7 Å². The Bertz CT molecular complexity index is 752. The highest BCUT2D eigenvalue weighted by Gasteiger charge is 2.25. The molecule has 124 valence electrons. The Morgan fingerprint density at radius 2 is 2.25 bits per heavy atom. The molecule has 4 rings (SSSR count). The van der Waals surface area contributed by atoms with Crippen LogP contribution < -0.4 is 10.1 Å². The van der Waals surface area contributed by atoms with Crippen molar-refractivity contribution in [1.29, 1.82) is 0 Å². The summed E-state index contributed by atoms with van der Waals surface area (Å²) in [6.07, 6.45) is 3.45. The lowest BCUT2D eigenvalue weighted by Crippen LogP contribution is -2.45. The van der Waals surface area contributed by atoms with Crippen molar-refractivity contribution in [2.24, 2.45) is 0 Å². The quantitative estimate of drug-likeness (QED) is 0.915. The number of carbonyl (C=O) groups is 1. The molecule has 3 heterocycles. The maximum atomic E-state index is 12.4. The van der Waals surface area contributed by atoms with Crippen LogP contribution in [-0.4, -0.2) is 40.1 Å². The molecule has 2 aromatic rings. The van der Waals surface area contributed by atoms with Gasteiger partial charge in [0.15, 0.2) is 0 Å². The summed E-state index contributed by atoms with van der Waals surface area (Å²) < 4.78 is 5.86. The van der Waals surface area contributed by atoms with Crippen LogP contribution in [0.5, 0.6) is 5.75 Å². The van der Waals surface area contributed by atoms with Crippen LogP contribution in [0.1, 0.15) is 22.6 Å². The largest absolute Gasteiger partial charge is 0.488 e. The second-order valence-electron chi connectivity index (χ2n) is 6.30. The van der Waals surface area contributed by atoms with E-state index in [1.54, 1.807) is 0 Å². The first-order valence-corrected chi connectivity index (χ1v) is 8.28. The molecule has 0 saturated carbocycles. The van der Waals surface area contributed by atoms with E-state index in [-0.39, 0.29) is 12.1 Å². The number of benzene rings is 1. The standard InChI is InChI=1S/C18H20N4O2/c1-12-19-9-14-11-22(7-6-16(14)21-12)18(23)20-10-15-8-13-4-2-3-5-17(13)24-15/h2-5,9,15H,6-8,10-11H2,1H3,(H,20,23)/t15-/m0/s1. The van der Waals surface area contributed by atoms with E-state index in [1.165, 1.54) is 5.56 Å². The summed E-state index contributed by atoms with van der Waals surface area (Å²) in [5.74, 6) is 1.71. The van der Waals surface area contributed by atoms with E-state index in [2.05, 4.69) is 21.4 Å². The monoisotopic (exact) mass is 324 g/mol. The molecule has 0 aliphatic carbocycles. The molecule has 0 radical (unpaired) electrons. The second-order valence-corrected chi connectivity index (χ2v) is 6.30. The first-order chi connectivity index (χ1) is 11.7. The lowest BCUT2D eigenvalue weighted by molar-refractivity contribution is 0.179. The summed E-state index contributed by atoms with van der Waals surface area (Å²) in [7, 11) is 0. The number of amides is 2. The lowest BCUT2D eigenvalue weighted by Gasteiger charge is -2.28. The second kappa shape index (κ2) is 6.11. The maximum Gasteiger partial charge on any atom is 0.317 e. The normalized spacial score (nSPS) is 18.5. The molecule has 2 aliphatic rings. The first-order valence-electron chi connectivity index (χ1n) is 8.28. The van der Waals surface area contributed by atoms with Crippen LogP contribution in [0, 0.1) is 6.92 Å². The van der Waals surface area contributed by atoms with E-state index < -0.39 is 0 Å². The van der Waals surface area contributed by atoms with Crippen molar-refractivity contribution in [1.82, 2.24) is 20.2 Å². The fraction of sp³-hybridized carbons (Fsp3) is 0.389. The molecule has 2 aliphatic heterocycles. The van der Waals surface area contributed by atoms with Crippen LogP contribution in [0.4, 0.5) is 4.79 Å². The molecule has 24 heavy (non-hydrogen) atoms. The zero-order chi connectivity index (χ0) is 16.5. The third kappa shape index (κ3) is 2.91. The molecule has 0 spiro atoms. The average Bonchev–Trinajstić information content (AvgIpc) is 3.02. The molecular formula is C18H20N4O2. The van der Waals surface area contributed by atoms with Crippen LogP contribution in [0.3, 0.4) is 0 Å². The number of para-hydroxylation sites is 1. The predicted octanol–water partition coefficient (Wildman–Crippen LogP) is 1.86. The molecule has 1 N–H and O–H groups in total. The average molecular weight is 324 g/mol. The molecule has 0 bridgehead atoms. The SMILES string of the molecule is Cc1ncc2c(n1)CCN(C(=O)NC[C@@H]1Cc3ccccc3O1)C2. The van der Waals surface area contributed by atoms with Crippen molar-refractivity contribution >= 4 is 6.03 Å². The van der Waals surface area contributed by atoms with E-state index in [1.807, 2.05) is 36.2 Å². The number of urea groups is 1. The molecule has 2 amide bonds. The Hall–Kier alpha value is -2.63. The van der Waals surface area contributed by atoms with Crippen molar-refractivity contribution in [2.45, 2.75) is 32.4 Å². The lowest BCUT2D eigenvalue weighted by atomic mass is 10.1. The third-order valence-electron chi connectivity index (χ3n) is 4.54. The van der Waals surface area contributed by atoms with Crippen LogP contribution in [0.15, 0.2) is 30.5 Å². The van der Waals surface area contributed by atoms with Crippen molar-refractivity contribution in [3.05, 3.63) is 53.1 Å². The first kappa shape index (κ1) is 14.9. The topological polar surface area (TPSA) is 67.4 Å². The van der Waals surface area contributed by atoms with Gasteiger partial charge in [-0.15, -0.1) is 0 Å². The summed E-state index contributed by atoms with van der Waals surface area (Å²) in [5, 5.41) is 2.99. The van der Waals surface area contributed by atoms with E-state index in [4.69, 9.17) is 4.74 Å². The van der Waals surface area contributed by atoms with Gasteiger partial charge in [0, 0.05) is 31.1 Å². The number of aromatic nitrogens is 2. The third-order valence-corrected chi connectivity index (χ3v) is 4.54. The highest BCUT2D eigenvalue weighted by molar-refractivity contribution is 5.74. The Labute approximate surface area is 140 Å². The van der Waals surface area contributed by atoms with Gasteiger partial charge in [0.05, 0.1) is 18.8 Å². The number of hydrogen-bond donors (Lipinski definition) is 1. The van der Waals surface area contributed by atoms with E-state index >= 15 is 0 Å². The highest BCUT2D eigenvalue weighted by Crippen LogP contribution is 2.27. The van der Waals surface area contributed by atoms with E-state index in [9.17, 15) is 4.79 Å². The van der Waals surface area contributed by atoms with Crippen LogP contribution in [0.2, 0.25) is 0 Å². The number of aryl methyl sites for hydroxylation is 1. The Morgan fingerprint density at radius 1 is 1.38 bits per heavy atom. The van der Waals surface area contributed by atoms with Gasteiger partial charge >= 0.3 is 6.03 Å². The van der Waals surface area contributed by atoms with Crippen molar-refractivity contribution in [3.63, 3.8) is 0 Å². The van der Waals surface area contributed by atoms with Crippen LogP contribution >= 0.6 is 0 Å². The Balaban J connectivity index is 1.32. The molecule has 6 nitrogen and oxygen atoms in total. The zero-order valence-electron chi connectivity index (χ0n) is 13.7. The predicted molar refractivity (Wildman–Crippen MR) is 88.8 cm³/mol. The number of carbonyl (C=O) groups excluding carboxylic acids is 1. The van der Waals surface area contributed by atoms with Crippen molar-refractivity contribution in [3.8, 4) is 5.75 Å². The van der Waals surface area contributed by atoms with Crippen molar-refractivity contribution < 1.29 is 9.53 Å². The number of ether oxygens (including phenoxy) is 1. The van der Waals surface area contributed by atoms with Gasteiger partial charge in [0.25, 0.3) is 0 Å². The van der Waals surface area contributed by atoms with E-state index in [0.29, 0.717) is 19.6 Å². The van der Waals surface area contributed by atoms with Gasteiger partial charge in [0.1, 0.15) is 17.7 Å². The Morgan fingerprint density at radius 3 is 3.12 bits per heavy atom. The molecule has 0 fully saturated rings. The number of nitrogens with zero attached hydrogens (tertiary/aromatic N) is 3. The molecule has 0 saturated heterocycles. The van der Waals surface area contributed by atoms with Gasteiger partial charge in [-0.1, -0.05) is 18.2 Å². The number of fused-ring (bicyclic) bond motifs is 2. The Kier molecular flexibility index (Phi) is 3.80. The number of rotatable bonds is 2. The maximum absolute atomic E-state index is 12.4. The van der Waals surface area contributed by atoms with Gasteiger partial charge < -0.3 is 15.0 Å². The minimum Gasteiger partial charge on any atom is -0.488 e. The van der Waals surface area contributed by atoms with Gasteiger partial charge in [0.2, 0.25) is 0 Å². The molecular weight excluding hydrogens is 304 g/mol. The summed E-state index contributed by atoms with van der Waals surface area (Å²) in [6, 6.07) is 7.97. The number of nitrogens with one attached hydrogen (secondary N) is 1. The van der Waals surface area contributed by atoms with Crippen LogP contribution in [0.25, 0.3) is 0 Å². The summed E-state index contributed by atoms with van der Waals surface area (Å²) >= 11 is 0. The molecule has 1 atom stereocenters. The molecule has 1 aromatic carbocycles. The summed E-state index contributed by atoms with van der Waals surface area (Å²) in [4.78, 5) is 22.9. The van der Waals surface area contributed by atoms with Gasteiger partial charge in [-0.25, -0.2) is 14.8 Å². The summed E-state index contributed by atoms with van der Waals surface area (Å²) in [6.45, 7) is 3.65. The van der Waals surface area contributed by atoms with Crippen molar-refractivity contribution in [2.75, 3.05) is 13.1 Å². The summed E-state index contributed by atoms with van der Waals surface area (Å²) in [5.41, 5.74) is 3.30. The fourth-order valence-electron chi connectivity index (χ4n) is 3.27. The number of hydrogen-bond acceptors (Lipinski definition) is 4. The minimum atomic E-state index is -0.0548. The van der Waals surface area contributed by atoms with Crippen LogP contribution in [-0.2, 0) is 19.4 Å². The fourth-order valence-corrected chi connectivity index (χ4v) is 3.27. The zero-order valence-corrected chi connectivity index (χ0v) is 13.7. The molecule has 0 unspecified atom stereocenters. The smallest absolute Gasteiger partial charge is 0.317 e. The van der Waals surface area contributed by atoms with Gasteiger partial charge in [-0.3, -0.25) is 0 Å². The molecule has 1 aromatic heterocycles. The minimum absolute atomic E-state index is 0.00871. The highest BCUT2D eigenvalue weighted by atomic mass is 16.5. The molecule has 6 heteroatoms. The van der Waals surface area contributed by atoms with Gasteiger partial charge in [-0.05, 0) is 18.6 Å².